The van der Waals surface area contributed by atoms with Gasteiger partial charge in [0, 0.05) is 11.9 Å². The number of rotatable bonds is 5. The van der Waals surface area contributed by atoms with Crippen molar-refractivity contribution in [2.45, 2.75) is 25.6 Å². The van der Waals surface area contributed by atoms with Crippen LogP contribution < -0.4 is 5.72 Å². The molecule has 0 bridgehead atoms. The van der Waals surface area contributed by atoms with E-state index in [1.165, 1.54) is 16.8 Å². The molecule has 0 atom stereocenters. The summed E-state index contributed by atoms with van der Waals surface area (Å²) in [5.74, 6) is 0.662. The molecule has 1 aromatic heterocycles. The molecule has 109 valence electrons. The summed E-state index contributed by atoms with van der Waals surface area (Å²) >= 11 is 0. The number of nitrogens with zero attached hydrogens (tertiary/aromatic N) is 1. The predicted octanol–water partition coefficient (Wildman–Crippen LogP) is 3.65. The fourth-order valence-electron chi connectivity index (χ4n) is 2.59. The zero-order valence-electron chi connectivity index (χ0n) is 13.0. The lowest BCUT2D eigenvalue weighted by molar-refractivity contribution is 0.834. The number of aromatic amines is 1. The van der Waals surface area contributed by atoms with Crippen molar-refractivity contribution in [1.29, 1.82) is 0 Å². The van der Waals surface area contributed by atoms with Crippen LogP contribution in [0.25, 0.3) is 0 Å². The number of H-pyrrole nitrogens is 1. The van der Waals surface area contributed by atoms with Gasteiger partial charge in [-0.1, -0.05) is 74.5 Å². The second-order valence-electron chi connectivity index (χ2n) is 5.84. The standard InChI is InChI=1S/C19H20BN2/c1-14(2)17-13-21-19(22-17)20-18(15-9-5-3-6-10-15)16-11-7-4-8-12-16/h3-14,18H,1-2H3,(H,21,22). The Bertz CT molecular complexity index is 665. The summed E-state index contributed by atoms with van der Waals surface area (Å²) in [5.41, 5.74) is 4.65. The second kappa shape index (κ2) is 6.65. The summed E-state index contributed by atoms with van der Waals surface area (Å²) in [4.78, 5) is 7.93. The van der Waals surface area contributed by atoms with Crippen LogP contribution in [0.4, 0.5) is 0 Å². The normalized spacial score (nSPS) is 11.1. The smallest absolute Gasteiger partial charge is 0.215 e. The SMILES string of the molecule is CC(C)c1cnc([B]C(c2ccccc2)c2ccccc2)[nH]1. The molecule has 2 nitrogen and oxygen atoms in total. The molecule has 0 unspecified atom stereocenters. The van der Waals surface area contributed by atoms with Gasteiger partial charge in [0.05, 0.1) is 5.72 Å². The van der Waals surface area contributed by atoms with E-state index >= 15 is 0 Å². The van der Waals surface area contributed by atoms with Gasteiger partial charge in [-0.25, -0.2) is 0 Å². The minimum absolute atomic E-state index is 0.202. The van der Waals surface area contributed by atoms with Crippen LogP contribution in [0.2, 0.25) is 0 Å². The number of imidazole rings is 1. The third-order valence-corrected chi connectivity index (χ3v) is 3.88. The van der Waals surface area contributed by atoms with Crippen LogP contribution in [-0.2, 0) is 0 Å². The fourth-order valence-corrected chi connectivity index (χ4v) is 2.59. The number of hydrogen-bond acceptors (Lipinski definition) is 1. The van der Waals surface area contributed by atoms with Crippen molar-refractivity contribution in [2.75, 3.05) is 0 Å². The molecule has 1 heterocycles. The van der Waals surface area contributed by atoms with Crippen molar-refractivity contribution in [2.24, 2.45) is 0 Å². The van der Waals surface area contributed by atoms with Gasteiger partial charge in [-0.15, -0.1) is 0 Å². The van der Waals surface area contributed by atoms with E-state index in [2.05, 4.69) is 91.8 Å². The molecule has 3 aromatic rings. The quantitative estimate of drug-likeness (QED) is 0.713. The van der Waals surface area contributed by atoms with Crippen LogP contribution >= 0.6 is 0 Å². The molecule has 0 fully saturated rings. The van der Waals surface area contributed by atoms with Crippen molar-refractivity contribution in [3.05, 3.63) is 83.7 Å². The van der Waals surface area contributed by atoms with Crippen LogP contribution in [0.1, 0.15) is 42.4 Å². The van der Waals surface area contributed by atoms with E-state index in [0.717, 1.165) is 5.72 Å². The highest BCUT2D eigenvalue weighted by Crippen LogP contribution is 2.23. The van der Waals surface area contributed by atoms with Gasteiger partial charge in [0.25, 0.3) is 0 Å². The maximum absolute atomic E-state index is 4.52. The topological polar surface area (TPSA) is 28.7 Å². The lowest BCUT2D eigenvalue weighted by atomic mass is 9.58. The molecule has 1 radical (unpaired) electrons. The first-order valence-corrected chi connectivity index (χ1v) is 7.73. The molecule has 0 saturated carbocycles. The van der Waals surface area contributed by atoms with Crippen molar-refractivity contribution in [1.82, 2.24) is 9.97 Å². The van der Waals surface area contributed by atoms with Gasteiger partial charge >= 0.3 is 0 Å². The number of hydrogen-bond donors (Lipinski definition) is 1. The summed E-state index contributed by atoms with van der Waals surface area (Å²) in [7, 11) is 2.20. The molecule has 0 spiro atoms. The highest BCUT2D eigenvalue weighted by Gasteiger charge is 2.18. The molecular weight excluding hydrogens is 267 g/mol. The third-order valence-electron chi connectivity index (χ3n) is 3.88. The Morgan fingerprint density at radius 3 is 1.86 bits per heavy atom. The lowest BCUT2D eigenvalue weighted by Gasteiger charge is -2.16. The Hall–Kier alpha value is -2.29. The summed E-state index contributed by atoms with van der Waals surface area (Å²) in [6, 6.07) is 21.1. The molecule has 3 rings (SSSR count). The van der Waals surface area contributed by atoms with E-state index in [1.807, 2.05) is 6.20 Å². The van der Waals surface area contributed by atoms with E-state index < -0.39 is 0 Å². The Morgan fingerprint density at radius 2 is 1.41 bits per heavy atom. The first-order valence-electron chi connectivity index (χ1n) is 7.73. The van der Waals surface area contributed by atoms with Crippen LogP contribution in [0.15, 0.2) is 66.9 Å². The van der Waals surface area contributed by atoms with Crippen molar-refractivity contribution in [3.8, 4) is 0 Å². The second-order valence-corrected chi connectivity index (χ2v) is 5.84. The average Bonchev–Trinajstić information content (AvgIpc) is 3.03. The predicted molar refractivity (Wildman–Crippen MR) is 92.8 cm³/mol. The Morgan fingerprint density at radius 1 is 0.864 bits per heavy atom. The van der Waals surface area contributed by atoms with Gasteiger partial charge in [-0.3, -0.25) is 4.98 Å². The molecular formula is C19H20BN2. The zero-order chi connectivity index (χ0) is 15.4. The molecule has 0 aliphatic heterocycles. The van der Waals surface area contributed by atoms with Gasteiger partial charge < -0.3 is 4.98 Å². The molecule has 3 heteroatoms. The molecule has 0 saturated heterocycles. The van der Waals surface area contributed by atoms with E-state index in [0.29, 0.717) is 5.92 Å². The van der Waals surface area contributed by atoms with Gasteiger partial charge in [0.15, 0.2) is 0 Å². The summed E-state index contributed by atoms with van der Waals surface area (Å²) in [5, 5.41) is 0. The molecule has 22 heavy (non-hydrogen) atoms. The average molecular weight is 287 g/mol. The Balaban J connectivity index is 1.92. The Labute approximate surface area is 132 Å². The van der Waals surface area contributed by atoms with Gasteiger partial charge in [-0.2, -0.15) is 0 Å². The maximum atomic E-state index is 4.52. The number of nitrogens with one attached hydrogen (secondary N) is 1. The minimum Gasteiger partial charge on any atom is -0.354 e. The summed E-state index contributed by atoms with van der Waals surface area (Å²) in [6.45, 7) is 4.34. The first-order chi connectivity index (χ1) is 10.7. The first kappa shape index (κ1) is 14.6. The van der Waals surface area contributed by atoms with Gasteiger partial charge in [0.1, 0.15) is 0 Å². The van der Waals surface area contributed by atoms with Crippen molar-refractivity contribution < 1.29 is 0 Å². The van der Waals surface area contributed by atoms with E-state index in [4.69, 9.17) is 0 Å². The molecule has 1 N–H and O–H groups in total. The lowest BCUT2D eigenvalue weighted by Crippen LogP contribution is -2.26. The van der Waals surface area contributed by atoms with E-state index in [1.54, 1.807) is 0 Å². The molecule has 0 amide bonds. The highest BCUT2D eigenvalue weighted by molar-refractivity contribution is 6.53. The maximum Gasteiger partial charge on any atom is 0.215 e. The molecule has 2 aromatic carbocycles. The van der Waals surface area contributed by atoms with Crippen LogP contribution in [0.3, 0.4) is 0 Å². The fraction of sp³-hybridized carbons (Fsp3) is 0.211. The third kappa shape index (κ3) is 3.30. The molecule has 0 aliphatic rings. The van der Waals surface area contributed by atoms with Crippen LogP contribution in [-0.4, -0.2) is 17.2 Å². The summed E-state index contributed by atoms with van der Waals surface area (Å²) < 4.78 is 0. The number of benzene rings is 2. The van der Waals surface area contributed by atoms with Gasteiger partial charge in [-0.05, 0) is 22.9 Å². The number of aromatic nitrogens is 2. The Kier molecular flexibility index (Phi) is 4.43. The van der Waals surface area contributed by atoms with Crippen LogP contribution in [0, 0.1) is 0 Å². The van der Waals surface area contributed by atoms with Crippen molar-refractivity contribution >= 4 is 13.0 Å². The van der Waals surface area contributed by atoms with Crippen LogP contribution in [0.5, 0.6) is 0 Å². The minimum atomic E-state index is 0.202. The summed E-state index contributed by atoms with van der Waals surface area (Å²) in [6.07, 6.45) is 1.93. The van der Waals surface area contributed by atoms with E-state index in [-0.39, 0.29) is 5.82 Å². The zero-order valence-corrected chi connectivity index (χ0v) is 13.0. The van der Waals surface area contributed by atoms with E-state index in [9.17, 15) is 0 Å². The highest BCUT2D eigenvalue weighted by atomic mass is 14.9. The monoisotopic (exact) mass is 287 g/mol. The molecule has 0 aliphatic carbocycles. The van der Waals surface area contributed by atoms with Crippen molar-refractivity contribution in [3.63, 3.8) is 0 Å². The largest absolute Gasteiger partial charge is 0.354 e. The van der Waals surface area contributed by atoms with Gasteiger partial charge in [0.2, 0.25) is 7.28 Å².